The Morgan fingerprint density at radius 1 is 0.511 bits per heavy atom. The van der Waals surface area contributed by atoms with Gasteiger partial charge >= 0.3 is 0 Å². The van der Waals surface area contributed by atoms with Crippen molar-refractivity contribution < 1.29 is 0 Å². The first-order chi connectivity index (χ1) is 22.3. The first-order valence-corrected chi connectivity index (χ1v) is 14.8. The van der Waals surface area contributed by atoms with Crippen molar-refractivity contribution in [1.82, 2.24) is 19.6 Å². The van der Waals surface area contributed by atoms with E-state index in [1.807, 2.05) is 108 Å². The van der Waals surface area contributed by atoms with E-state index in [9.17, 15) is 5.26 Å². The van der Waals surface area contributed by atoms with E-state index in [1.54, 1.807) is 0 Å². The quantitative estimate of drug-likeness (QED) is 0.205. The standard InChI is InChI=1S/C40H25N5/c41-26-34-38(29-17-9-3-10-18-29)44-45-37(28-15-7-2-8-16-28)24-32-23-31(21-22-33(32)39(34)45)36-25-35(27-13-5-1-6-14-27)42-40(43-36)30-19-11-4-12-20-30/h1-25H. The van der Waals surface area contributed by atoms with Gasteiger partial charge in [-0.3, -0.25) is 0 Å². The Labute approximate surface area is 260 Å². The molecule has 45 heavy (non-hydrogen) atoms. The van der Waals surface area contributed by atoms with E-state index >= 15 is 0 Å². The van der Waals surface area contributed by atoms with E-state index in [-0.39, 0.29) is 0 Å². The topological polar surface area (TPSA) is 66.9 Å². The molecule has 0 N–H and O–H groups in total. The molecule has 8 rings (SSSR count). The lowest BCUT2D eigenvalue weighted by Crippen LogP contribution is -1.97. The van der Waals surface area contributed by atoms with E-state index in [0.717, 1.165) is 61.2 Å². The molecule has 0 saturated carbocycles. The highest BCUT2D eigenvalue weighted by Crippen LogP contribution is 2.37. The van der Waals surface area contributed by atoms with E-state index < -0.39 is 0 Å². The maximum absolute atomic E-state index is 10.5. The van der Waals surface area contributed by atoms with Crippen LogP contribution in [0.25, 0.3) is 72.7 Å². The van der Waals surface area contributed by atoms with Crippen LogP contribution in [0, 0.1) is 11.3 Å². The molecular formula is C40H25N5. The number of benzene rings is 5. The van der Waals surface area contributed by atoms with Crippen LogP contribution in [0.5, 0.6) is 0 Å². The highest BCUT2D eigenvalue weighted by Gasteiger charge is 2.21. The van der Waals surface area contributed by atoms with E-state index in [1.165, 1.54) is 0 Å². The van der Waals surface area contributed by atoms with Crippen LogP contribution in [-0.4, -0.2) is 19.6 Å². The van der Waals surface area contributed by atoms with Gasteiger partial charge in [-0.2, -0.15) is 10.4 Å². The van der Waals surface area contributed by atoms with Crippen LogP contribution in [0.15, 0.2) is 152 Å². The monoisotopic (exact) mass is 575 g/mol. The van der Waals surface area contributed by atoms with Crippen LogP contribution in [0.2, 0.25) is 0 Å². The van der Waals surface area contributed by atoms with Gasteiger partial charge in [0.2, 0.25) is 0 Å². The van der Waals surface area contributed by atoms with Gasteiger partial charge in [0.1, 0.15) is 17.3 Å². The predicted molar refractivity (Wildman–Crippen MR) is 180 cm³/mol. The van der Waals surface area contributed by atoms with Crippen molar-refractivity contribution >= 4 is 16.3 Å². The maximum Gasteiger partial charge on any atom is 0.160 e. The molecule has 0 aliphatic rings. The minimum Gasteiger partial charge on any atom is -0.230 e. The average molecular weight is 576 g/mol. The first-order valence-electron chi connectivity index (χ1n) is 14.8. The molecule has 3 heterocycles. The third-order valence-corrected chi connectivity index (χ3v) is 8.06. The van der Waals surface area contributed by atoms with Crippen LogP contribution in [0.3, 0.4) is 0 Å². The van der Waals surface area contributed by atoms with Crippen LogP contribution in [0.4, 0.5) is 0 Å². The fourth-order valence-electron chi connectivity index (χ4n) is 5.89. The highest BCUT2D eigenvalue weighted by molar-refractivity contribution is 6.04. The molecule has 0 spiro atoms. The van der Waals surface area contributed by atoms with Crippen LogP contribution in [-0.2, 0) is 0 Å². The molecule has 0 aliphatic heterocycles. The molecule has 0 saturated heterocycles. The molecule has 5 nitrogen and oxygen atoms in total. The SMILES string of the molecule is N#Cc1c(-c2ccccc2)nn2c(-c3ccccc3)cc3cc(-c4cc(-c5ccccc5)nc(-c5ccccc5)n4)ccc3c12. The molecule has 3 aromatic heterocycles. The Balaban J connectivity index is 1.39. The summed E-state index contributed by atoms with van der Waals surface area (Å²) in [7, 11) is 0. The molecule has 0 amide bonds. The molecule has 0 radical (unpaired) electrons. The van der Waals surface area contributed by atoms with Gasteiger partial charge in [0, 0.05) is 33.2 Å². The number of rotatable bonds is 5. The summed E-state index contributed by atoms with van der Waals surface area (Å²) in [5.41, 5.74) is 9.46. The third kappa shape index (κ3) is 4.71. The largest absolute Gasteiger partial charge is 0.230 e. The summed E-state index contributed by atoms with van der Waals surface area (Å²) in [6, 6.07) is 53.3. The van der Waals surface area contributed by atoms with Gasteiger partial charge < -0.3 is 0 Å². The lowest BCUT2D eigenvalue weighted by atomic mass is 9.99. The van der Waals surface area contributed by atoms with Crippen LogP contribution < -0.4 is 0 Å². The summed E-state index contributed by atoms with van der Waals surface area (Å²) in [6.45, 7) is 0. The molecule has 0 atom stereocenters. The van der Waals surface area contributed by atoms with Gasteiger partial charge in [-0.15, -0.1) is 0 Å². The number of hydrogen-bond acceptors (Lipinski definition) is 4. The van der Waals surface area contributed by atoms with Crippen molar-refractivity contribution in [2.45, 2.75) is 0 Å². The van der Waals surface area contributed by atoms with Gasteiger partial charge in [0.15, 0.2) is 5.82 Å². The number of fused-ring (bicyclic) bond motifs is 3. The van der Waals surface area contributed by atoms with Crippen LogP contribution >= 0.6 is 0 Å². The van der Waals surface area contributed by atoms with E-state index in [4.69, 9.17) is 15.1 Å². The first kappa shape index (κ1) is 26.3. The Bertz CT molecular complexity index is 2300. The molecule has 0 unspecified atom stereocenters. The number of nitriles is 1. The lowest BCUT2D eigenvalue weighted by molar-refractivity contribution is 0.979. The zero-order valence-corrected chi connectivity index (χ0v) is 24.2. The van der Waals surface area contributed by atoms with Crippen molar-refractivity contribution in [2.75, 3.05) is 0 Å². The molecule has 5 heteroatoms. The van der Waals surface area contributed by atoms with Crippen molar-refractivity contribution in [1.29, 1.82) is 5.26 Å². The van der Waals surface area contributed by atoms with E-state index in [0.29, 0.717) is 17.1 Å². The van der Waals surface area contributed by atoms with Crippen molar-refractivity contribution in [3.63, 3.8) is 0 Å². The minimum atomic E-state index is 0.552. The zero-order valence-electron chi connectivity index (χ0n) is 24.2. The van der Waals surface area contributed by atoms with Crippen molar-refractivity contribution in [3.8, 4) is 62.5 Å². The molecule has 0 fully saturated rings. The fourth-order valence-corrected chi connectivity index (χ4v) is 5.89. The smallest absolute Gasteiger partial charge is 0.160 e. The van der Waals surface area contributed by atoms with Gasteiger partial charge in [0.05, 0.1) is 22.6 Å². The normalized spacial score (nSPS) is 11.1. The summed E-state index contributed by atoms with van der Waals surface area (Å²) < 4.78 is 1.92. The molecule has 5 aromatic carbocycles. The molecule has 0 bridgehead atoms. The molecule has 0 aliphatic carbocycles. The lowest BCUT2D eigenvalue weighted by Gasteiger charge is -2.12. The summed E-state index contributed by atoms with van der Waals surface area (Å²) in [6.07, 6.45) is 0. The number of hydrogen-bond donors (Lipinski definition) is 0. The Morgan fingerprint density at radius 2 is 1.07 bits per heavy atom. The summed E-state index contributed by atoms with van der Waals surface area (Å²) in [5, 5.41) is 17.4. The van der Waals surface area contributed by atoms with Gasteiger partial charge in [-0.05, 0) is 23.6 Å². The zero-order chi connectivity index (χ0) is 30.2. The van der Waals surface area contributed by atoms with Gasteiger partial charge in [0.25, 0.3) is 0 Å². The number of pyridine rings is 1. The van der Waals surface area contributed by atoms with Gasteiger partial charge in [-0.1, -0.05) is 133 Å². The predicted octanol–water partition coefficient (Wildman–Crippen LogP) is 9.48. The minimum absolute atomic E-state index is 0.552. The fraction of sp³-hybridized carbons (Fsp3) is 0. The maximum atomic E-state index is 10.5. The molecule has 210 valence electrons. The summed E-state index contributed by atoms with van der Waals surface area (Å²) in [5.74, 6) is 0.669. The highest BCUT2D eigenvalue weighted by atomic mass is 15.2. The number of nitrogens with zero attached hydrogens (tertiary/aromatic N) is 5. The van der Waals surface area contributed by atoms with Crippen molar-refractivity contribution in [3.05, 3.63) is 157 Å². The third-order valence-electron chi connectivity index (χ3n) is 8.06. The Kier molecular flexibility index (Phi) is 6.44. The second-order valence-electron chi connectivity index (χ2n) is 10.9. The van der Waals surface area contributed by atoms with Crippen molar-refractivity contribution in [2.24, 2.45) is 0 Å². The Morgan fingerprint density at radius 3 is 1.69 bits per heavy atom. The van der Waals surface area contributed by atoms with Crippen LogP contribution in [0.1, 0.15) is 5.56 Å². The summed E-state index contributed by atoms with van der Waals surface area (Å²) >= 11 is 0. The summed E-state index contributed by atoms with van der Waals surface area (Å²) in [4.78, 5) is 10.00. The average Bonchev–Trinajstić information content (AvgIpc) is 3.52. The molecular weight excluding hydrogens is 550 g/mol. The second-order valence-corrected chi connectivity index (χ2v) is 10.9. The number of aromatic nitrogens is 4. The van der Waals surface area contributed by atoms with Gasteiger partial charge in [-0.25, -0.2) is 14.5 Å². The second kappa shape index (κ2) is 11.0. The Hall–Kier alpha value is -6.38. The van der Waals surface area contributed by atoms with E-state index in [2.05, 4.69) is 54.6 Å². The molecule has 8 aromatic rings.